The number of anilines is 3. The number of benzene rings is 8. The molecular formula is C45H29N3. The number of imidazole rings is 1. The second-order valence-electron chi connectivity index (χ2n) is 12.4. The molecule has 1 aromatic heterocycles. The second kappa shape index (κ2) is 10.5. The van der Waals surface area contributed by atoms with E-state index in [1.807, 2.05) is 0 Å². The van der Waals surface area contributed by atoms with Gasteiger partial charge in [0.1, 0.15) is 5.82 Å². The van der Waals surface area contributed by atoms with Gasteiger partial charge in [-0.1, -0.05) is 140 Å². The van der Waals surface area contributed by atoms with Gasteiger partial charge in [0, 0.05) is 11.3 Å². The highest BCUT2D eigenvalue weighted by Crippen LogP contribution is 2.51. The van der Waals surface area contributed by atoms with Crippen LogP contribution in [0, 0.1) is 0 Å². The molecule has 224 valence electrons. The van der Waals surface area contributed by atoms with E-state index in [2.05, 4.69) is 185 Å². The van der Waals surface area contributed by atoms with E-state index >= 15 is 0 Å². The van der Waals surface area contributed by atoms with Gasteiger partial charge in [-0.05, 0) is 80.2 Å². The first-order valence-electron chi connectivity index (χ1n) is 16.4. The molecule has 0 radical (unpaired) electrons. The van der Waals surface area contributed by atoms with Crippen LogP contribution in [-0.4, -0.2) is 9.55 Å². The van der Waals surface area contributed by atoms with E-state index in [1.54, 1.807) is 0 Å². The van der Waals surface area contributed by atoms with Crippen LogP contribution < -0.4 is 4.90 Å². The molecule has 1 aliphatic heterocycles. The molecule has 0 fully saturated rings. The Morgan fingerprint density at radius 2 is 0.917 bits per heavy atom. The minimum Gasteiger partial charge on any atom is -0.306 e. The Morgan fingerprint density at radius 3 is 1.54 bits per heavy atom. The van der Waals surface area contributed by atoms with Gasteiger partial charge >= 0.3 is 0 Å². The first-order chi connectivity index (χ1) is 23.8. The molecule has 0 saturated carbocycles. The van der Waals surface area contributed by atoms with E-state index in [4.69, 9.17) is 4.98 Å². The van der Waals surface area contributed by atoms with Crippen LogP contribution in [0.2, 0.25) is 0 Å². The molecule has 8 aromatic carbocycles. The maximum Gasteiger partial charge on any atom is 0.145 e. The second-order valence-corrected chi connectivity index (χ2v) is 12.4. The zero-order valence-electron chi connectivity index (χ0n) is 26.1. The molecule has 0 bridgehead atoms. The molecule has 0 N–H and O–H groups in total. The summed E-state index contributed by atoms with van der Waals surface area (Å²) in [5.41, 5.74) is 12.6. The van der Waals surface area contributed by atoms with Crippen LogP contribution in [0.3, 0.4) is 0 Å². The molecule has 0 unspecified atom stereocenters. The minimum absolute atomic E-state index is 0.947. The van der Waals surface area contributed by atoms with Crippen LogP contribution in [0.25, 0.3) is 71.9 Å². The number of nitrogens with zero attached hydrogens (tertiary/aromatic N) is 3. The smallest absolute Gasteiger partial charge is 0.145 e. The average Bonchev–Trinajstić information content (AvgIpc) is 3.56. The quantitative estimate of drug-likeness (QED) is 0.185. The Labute approximate surface area is 278 Å². The molecule has 2 heterocycles. The van der Waals surface area contributed by atoms with Crippen LogP contribution in [0.1, 0.15) is 0 Å². The Kier molecular flexibility index (Phi) is 5.87. The molecule has 48 heavy (non-hydrogen) atoms. The maximum atomic E-state index is 5.22. The minimum atomic E-state index is 0.947. The average molecular weight is 612 g/mol. The Bertz CT molecular complexity index is 2600. The standard InChI is InChI=1S/C45H29N3/c1-4-15-30(16-5-1)42-34-21-10-12-23-36(34)43(37-24-13-11-22-35(37)42)32-27-28-39-41(29-32)47(33-19-8-3-9-20-33)40-26-14-25-38-44(40)48(39)45(46-38)31-17-6-2-7-18-31/h1-29H. The third kappa shape index (κ3) is 3.91. The van der Waals surface area contributed by atoms with Gasteiger partial charge in [0.15, 0.2) is 0 Å². The van der Waals surface area contributed by atoms with Crippen molar-refractivity contribution < 1.29 is 0 Å². The van der Waals surface area contributed by atoms with Gasteiger partial charge in [0.25, 0.3) is 0 Å². The highest BCUT2D eigenvalue weighted by molar-refractivity contribution is 6.21. The Balaban J connectivity index is 1.30. The molecule has 0 aliphatic carbocycles. The zero-order valence-corrected chi connectivity index (χ0v) is 26.1. The van der Waals surface area contributed by atoms with Crippen molar-refractivity contribution in [2.75, 3.05) is 4.90 Å². The predicted molar refractivity (Wildman–Crippen MR) is 201 cm³/mol. The van der Waals surface area contributed by atoms with Crippen molar-refractivity contribution in [3.63, 3.8) is 0 Å². The number of fused-ring (bicyclic) bond motifs is 4. The van der Waals surface area contributed by atoms with Crippen molar-refractivity contribution in [3.05, 3.63) is 176 Å². The van der Waals surface area contributed by atoms with Crippen molar-refractivity contribution in [3.8, 4) is 39.3 Å². The van der Waals surface area contributed by atoms with Crippen molar-refractivity contribution in [1.82, 2.24) is 9.55 Å². The number of hydrogen-bond acceptors (Lipinski definition) is 2. The van der Waals surface area contributed by atoms with E-state index in [0.717, 1.165) is 45.2 Å². The highest BCUT2D eigenvalue weighted by atomic mass is 15.2. The first-order valence-corrected chi connectivity index (χ1v) is 16.4. The molecule has 0 amide bonds. The summed E-state index contributed by atoms with van der Waals surface area (Å²) in [7, 11) is 0. The summed E-state index contributed by atoms with van der Waals surface area (Å²) in [6.45, 7) is 0. The van der Waals surface area contributed by atoms with Crippen LogP contribution in [0.15, 0.2) is 176 Å². The molecule has 1 aliphatic rings. The molecule has 10 rings (SSSR count). The monoisotopic (exact) mass is 611 g/mol. The largest absolute Gasteiger partial charge is 0.306 e. The molecule has 3 heteroatoms. The summed E-state index contributed by atoms with van der Waals surface area (Å²) < 4.78 is 2.35. The molecule has 0 atom stereocenters. The predicted octanol–water partition coefficient (Wildman–Crippen LogP) is 12.1. The summed E-state index contributed by atoms with van der Waals surface area (Å²) in [5.74, 6) is 0.947. The fourth-order valence-electron chi connectivity index (χ4n) is 7.69. The lowest BCUT2D eigenvalue weighted by molar-refractivity contribution is 1.06. The SMILES string of the molecule is c1ccc(-c2c3ccccc3c(-c3ccc4c(c3)N(c3ccccc3)c3cccc5nc(-c6ccccc6)n-4c35)c3ccccc23)cc1. The lowest BCUT2D eigenvalue weighted by Crippen LogP contribution is -2.18. The summed E-state index contributed by atoms with van der Waals surface area (Å²) >= 11 is 0. The van der Waals surface area contributed by atoms with Crippen molar-refractivity contribution >= 4 is 49.6 Å². The highest BCUT2D eigenvalue weighted by Gasteiger charge is 2.30. The van der Waals surface area contributed by atoms with Gasteiger partial charge < -0.3 is 4.90 Å². The van der Waals surface area contributed by atoms with Crippen LogP contribution in [0.5, 0.6) is 0 Å². The fourth-order valence-corrected chi connectivity index (χ4v) is 7.69. The molecule has 0 saturated heterocycles. The van der Waals surface area contributed by atoms with Gasteiger partial charge in [-0.25, -0.2) is 4.98 Å². The van der Waals surface area contributed by atoms with Crippen molar-refractivity contribution in [2.24, 2.45) is 0 Å². The van der Waals surface area contributed by atoms with Crippen LogP contribution in [-0.2, 0) is 0 Å². The third-order valence-electron chi connectivity index (χ3n) is 9.68. The van der Waals surface area contributed by atoms with Gasteiger partial charge in [-0.3, -0.25) is 4.57 Å². The van der Waals surface area contributed by atoms with E-state index in [9.17, 15) is 0 Å². The zero-order chi connectivity index (χ0) is 31.6. The van der Waals surface area contributed by atoms with Gasteiger partial charge in [0.05, 0.1) is 28.1 Å². The molecule has 0 spiro atoms. The van der Waals surface area contributed by atoms with E-state index in [1.165, 1.54) is 43.8 Å². The van der Waals surface area contributed by atoms with Crippen molar-refractivity contribution in [1.29, 1.82) is 0 Å². The molecular weight excluding hydrogens is 583 g/mol. The number of rotatable bonds is 4. The number of aromatic nitrogens is 2. The topological polar surface area (TPSA) is 21.1 Å². The van der Waals surface area contributed by atoms with Crippen LogP contribution in [0.4, 0.5) is 17.1 Å². The van der Waals surface area contributed by atoms with Crippen LogP contribution >= 0.6 is 0 Å². The maximum absolute atomic E-state index is 5.22. The Morgan fingerprint density at radius 1 is 0.375 bits per heavy atom. The normalized spacial score (nSPS) is 12.1. The van der Waals surface area contributed by atoms with Gasteiger partial charge in [-0.15, -0.1) is 0 Å². The summed E-state index contributed by atoms with van der Waals surface area (Å²) in [4.78, 5) is 7.62. The lowest BCUT2D eigenvalue weighted by atomic mass is 9.85. The lowest BCUT2D eigenvalue weighted by Gasteiger charge is -2.33. The van der Waals surface area contributed by atoms with E-state index in [-0.39, 0.29) is 0 Å². The van der Waals surface area contributed by atoms with Crippen molar-refractivity contribution in [2.45, 2.75) is 0 Å². The van der Waals surface area contributed by atoms with Gasteiger partial charge in [0.2, 0.25) is 0 Å². The molecule has 9 aromatic rings. The summed E-state index contributed by atoms with van der Waals surface area (Å²) in [6.07, 6.45) is 0. The molecule has 3 nitrogen and oxygen atoms in total. The Hall–Kier alpha value is -6.45. The number of hydrogen-bond donors (Lipinski definition) is 0. The fraction of sp³-hybridized carbons (Fsp3) is 0. The van der Waals surface area contributed by atoms with Gasteiger partial charge in [-0.2, -0.15) is 0 Å². The third-order valence-corrected chi connectivity index (χ3v) is 9.68. The van der Waals surface area contributed by atoms with E-state index in [0.29, 0.717) is 0 Å². The summed E-state index contributed by atoms with van der Waals surface area (Å²) in [6, 6.07) is 63.2. The summed E-state index contributed by atoms with van der Waals surface area (Å²) in [5, 5.41) is 4.99. The van der Waals surface area contributed by atoms with E-state index < -0.39 is 0 Å². The number of para-hydroxylation sites is 2. The first kappa shape index (κ1) is 26.7.